The van der Waals surface area contributed by atoms with Crippen molar-refractivity contribution < 1.29 is 14.0 Å². The molecule has 1 N–H and O–H groups in total. The molecule has 1 aliphatic rings. The second-order valence-corrected chi connectivity index (χ2v) is 7.58. The van der Waals surface area contributed by atoms with E-state index in [0.717, 1.165) is 16.7 Å². The fourth-order valence-corrected chi connectivity index (χ4v) is 3.60. The van der Waals surface area contributed by atoms with Crippen LogP contribution in [0.5, 0.6) is 0 Å². The van der Waals surface area contributed by atoms with Gasteiger partial charge in [-0.2, -0.15) is 0 Å². The summed E-state index contributed by atoms with van der Waals surface area (Å²) in [6.45, 7) is 0.721. The number of anilines is 1. The normalized spacial score (nSPS) is 15.1. The molecule has 3 amide bonds. The van der Waals surface area contributed by atoms with Gasteiger partial charge in [-0.05, 0) is 35.7 Å². The van der Waals surface area contributed by atoms with Gasteiger partial charge in [-0.1, -0.05) is 66.7 Å². The molecule has 32 heavy (non-hydrogen) atoms. The van der Waals surface area contributed by atoms with E-state index < -0.39 is 0 Å². The molecule has 0 bridgehead atoms. The van der Waals surface area contributed by atoms with Crippen molar-refractivity contribution in [3.8, 4) is 11.1 Å². The Hall–Kier alpha value is -3.93. The molecule has 0 radical (unpaired) electrons. The van der Waals surface area contributed by atoms with Crippen LogP contribution in [0.3, 0.4) is 0 Å². The van der Waals surface area contributed by atoms with Gasteiger partial charge in [0, 0.05) is 18.3 Å². The predicted octanol–water partition coefficient (Wildman–Crippen LogP) is 5.27. The summed E-state index contributed by atoms with van der Waals surface area (Å²) in [5.41, 5.74) is 3.42. The van der Waals surface area contributed by atoms with E-state index in [1.165, 1.54) is 17.0 Å². The number of nitrogens with zero attached hydrogens (tertiary/aromatic N) is 2. The zero-order valence-electron chi connectivity index (χ0n) is 17.6. The van der Waals surface area contributed by atoms with Gasteiger partial charge in [-0.15, -0.1) is 0 Å². The molecule has 5 nitrogen and oxygen atoms in total. The lowest BCUT2D eigenvalue weighted by atomic mass is 10.0. The number of carbonyl (C=O) groups excluding carboxylic acids is 2. The molecule has 0 saturated heterocycles. The number of hydrogen-bond acceptors (Lipinski definition) is 2. The Labute approximate surface area is 186 Å². The number of para-hydroxylation sites is 1. The lowest BCUT2D eigenvalue weighted by Gasteiger charge is -2.28. The molecule has 0 atom stereocenters. The molecule has 0 fully saturated rings. The molecule has 0 aliphatic carbocycles. The first-order chi connectivity index (χ1) is 15.6. The van der Waals surface area contributed by atoms with E-state index in [1.54, 1.807) is 23.2 Å². The fraction of sp³-hybridized carbons (Fsp3) is 0.154. The highest BCUT2D eigenvalue weighted by atomic mass is 19.1. The van der Waals surface area contributed by atoms with Crippen LogP contribution in [0.15, 0.2) is 91.1 Å². The summed E-state index contributed by atoms with van der Waals surface area (Å²) in [5.74, 6) is -0.515. The van der Waals surface area contributed by atoms with Crippen molar-refractivity contribution in [1.29, 1.82) is 0 Å². The molecule has 0 aromatic heterocycles. The van der Waals surface area contributed by atoms with Crippen molar-refractivity contribution in [3.63, 3.8) is 0 Å². The average molecular weight is 429 g/mol. The third kappa shape index (κ3) is 5.21. The average Bonchev–Trinajstić information content (AvgIpc) is 2.81. The molecule has 0 saturated carbocycles. The number of carbonyl (C=O) groups is 2. The molecule has 3 aromatic carbocycles. The fourth-order valence-electron chi connectivity index (χ4n) is 3.60. The number of halogens is 1. The van der Waals surface area contributed by atoms with Gasteiger partial charge in [0.25, 0.3) is 0 Å². The smallest absolute Gasteiger partial charge is 0.315 e. The lowest BCUT2D eigenvalue weighted by Crippen LogP contribution is -2.44. The first-order valence-corrected chi connectivity index (χ1v) is 10.5. The maximum absolute atomic E-state index is 13.2. The first kappa shape index (κ1) is 21.3. The molecule has 0 unspecified atom stereocenters. The maximum atomic E-state index is 13.2. The van der Waals surface area contributed by atoms with Crippen molar-refractivity contribution in [2.45, 2.75) is 13.0 Å². The van der Waals surface area contributed by atoms with E-state index in [0.29, 0.717) is 25.2 Å². The monoisotopic (exact) mass is 429 g/mol. The van der Waals surface area contributed by atoms with Crippen molar-refractivity contribution in [1.82, 2.24) is 9.80 Å². The van der Waals surface area contributed by atoms with Crippen LogP contribution in [-0.2, 0) is 11.3 Å². The molecule has 6 heteroatoms. The van der Waals surface area contributed by atoms with Crippen LogP contribution in [-0.4, -0.2) is 34.8 Å². The van der Waals surface area contributed by atoms with Crippen LogP contribution in [0, 0.1) is 5.82 Å². The quantitative estimate of drug-likeness (QED) is 0.614. The van der Waals surface area contributed by atoms with Gasteiger partial charge >= 0.3 is 6.03 Å². The summed E-state index contributed by atoms with van der Waals surface area (Å²) in [4.78, 5) is 29.0. The topological polar surface area (TPSA) is 52.7 Å². The number of nitrogens with one attached hydrogen (secondary N) is 1. The van der Waals surface area contributed by atoms with Gasteiger partial charge < -0.3 is 15.1 Å². The van der Waals surface area contributed by atoms with Crippen LogP contribution in [0.25, 0.3) is 11.1 Å². The molecular weight excluding hydrogens is 405 g/mol. The van der Waals surface area contributed by atoms with Crippen LogP contribution in [0.4, 0.5) is 14.9 Å². The summed E-state index contributed by atoms with van der Waals surface area (Å²) in [6.07, 6.45) is 4.24. The number of rotatable bonds is 4. The minimum Gasteiger partial charge on any atom is -0.315 e. The molecule has 162 valence electrons. The number of hydrogen-bond donors (Lipinski definition) is 1. The summed E-state index contributed by atoms with van der Waals surface area (Å²) in [5, 5.41) is 2.97. The number of urea groups is 1. The molecule has 4 rings (SSSR count). The van der Waals surface area contributed by atoms with E-state index in [9.17, 15) is 14.0 Å². The summed E-state index contributed by atoms with van der Waals surface area (Å²) >= 11 is 0. The number of benzene rings is 3. The minimum atomic E-state index is -0.321. The molecule has 1 heterocycles. The third-order valence-corrected chi connectivity index (χ3v) is 5.30. The summed E-state index contributed by atoms with van der Waals surface area (Å²) in [6, 6.07) is 23.2. The predicted molar refractivity (Wildman–Crippen MR) is 123 cm³/mol. The van der Waals surface area contributed by atoms with Gasteiger partial charge in [0.2, 0.25) is 5.91 Å². The first-order valence-electron chi connectivity index (χ1n) is 10.5. The Bertz CT molecular complexity index is 1110. The van der Waals surface area contributed by atoms with Crippen molar-refractivity contribution in [2.75, 3.05) is 18.4 Å². The molecule has 3 aromatic rings. The van der Waals surface area contributed by atoms with Gasteiger partial charge in [0.1, 0.15) is 12.4 Å². The van der Waals surface area contributed by atoms with Crippen molar-refractivity contribution in [2.24, 2.45) is 0 Å². The Kier molecular flexibility index (Phi) is 6.60. The Morgan fingerprint density at radius 1 is 0.938 bits per heavy atom. The SMILES string of the molecule is O=C1CN(C(=O)Nc2ccccc2-c2ccccc2)CC/C=C\N1Cc1ccc(F)cc1. The minimum absolute atomic E-state index is 0.0368. The second-order valence-electron chi connectivity index (χ2n) is 7.58. The largest absolute Gasteiger partial charge is 0.322 e. The summed E-state index contributed by atoms with van der Waals surface area (Å²) < 4.78 is 13.2. The van der Waals surface area contributed by atoms with E-state index in [-0.39, 0.29) is 24.3 Å². The Morgan fingerprint density at radius 3 is 2.44 bits per heavy atom. The van der Waals surface area contributed by atoms with Crippen molar-refractivity contribution >= 4 is 17.6 Å². The van der Waals surface area contributed by atoms with Crippen molar-refractivity contribution in [3.05, 3.63) is 103 Å². The van der Waals surface area contributed by atoms with Crippen LogP contribution in [0.2, 0.25) is 0 Å². The standard InChI is InChI=1S/C26H24FN3O2/c27-22-14-12-20(13-15-22)18-29-16-6-7-17-30(19-25(29)31)26(32)28-24-11-5-4-10-23(24)21-8-2-1-3-9-21/h1-6,8-16H,7,17-19H2,(H,28,32)/b16-6-. The van der Waals surface area contributed by atoms with Crippen LogP contribution >= 0.6 is 0 Å². The highest BCUT2D eigenvalue weighted by molar-refractivity contribution is 5.96. The van der Waals surface area contributed by atoms with E-state index >= 15 is 0 Å². The zero-order valence-corrected chi connectivity index (χ0v) is 17.6. The van der Waals surface area contributed by atoms with E-state index in [4.69, 9.17) is 0 Å². The molecular formula is C26H24FN3O2. The van der Waals surface area contributed by atoms with Gasteiger partial charge in [0.05, 0.1) is 12.2 Å². The van der Waals surface area contributed by atoms with Gasteiger partial charge in [-0.3, -0.25) is 4.79 Å². The van der Waals surface area contributed by atoms with Crippen LogP contribution in [0.1, 0.15) is 12.0 Å². The Morgan fingerprint density at radius 2 is 1.66 bits per heavy atom. The molecule has 0 spiro atoms. The van der Waals surface area contributed by atoms with E-state index in [1.807, 2.05) is 60.7 Å². The zero-order chi connectivity index (χ0) is 22.3. The van der Waals surface area contributed by atoms with Gasteiger partial charge in [0.15, 0.2) is 0 Å². The van der Waals surface area contributed by atoms with Gasteiger partial charge in [-0.25, -0.2) is 9.18 Å². The van der Waals surface area contributed by atoms with Crippen LogP contribution < -0.4 is 5.32 Å². The highest BCUT2D eigenvalue weighted by Crippen LogP contribution is 2.27. The second kappa shape index (κ2) is 9.92. The molecule has 1 aliphatic heterocycles. The Balaban J connectivity index is 1.47. The highest BCUT2D eigenvalue weighted by Gasteiger charge is 2.22. The number of amides is 3. The third-order valence-electron chi connectivity index (χ3n) is 5.30. The lowest BCUT2D eigenvalue weighted by molar-refractivity contribution is -0.129. The maximum Gasteiger partial charge on any atom is 0.322 e. The summed E-state index contributed by atoms with van der Waals surface area (Å²) in [7, 11) is 0. The van der Waals surface area contributed by atoms with E-state index in [2.05, 4.69) is 5.32 Å².